The Labute approximate surface area is 181 Å². The summed E-state index contributed by atoms with van der Waals surface area (Å²) < 4.78 is 31.7. The van der Waals surface area contributed by atoms with E-state index < -0.39 is 32.9 Å². The van der Waals surface area contributed by atoms with E-state index in [1.54, 1.807) is 12.1 Å². The number of alkyl carbamates (subject to hydrolysis) is 1. The van der Waals surface area contributed by atoms with Gasteiger partial charge in [-0.15, -0.1) is 0 Å². The summed E-state index contributed by atoms with van der Waals surface area (Å²) in [5.41, 5.74) is -0.925. The lowest BCUT2D eigenvalue weighted by molar-refractivity contribution is -0.138. The van der Waals surface area contributed by atoms with Gasteiger partial charge in [0.05, 0.1) is 21.2 Å². The van der Waals surface area contributed by atoms with E-state index in [2.05, 4.69) is 5.32 Å². The summed E-state index contributed by atoms with van der Waals surface area (Å²) in [5.74, 6) is -0.236. The number of halogens is 1. The second-order valence-corrected chi connectivity index (χ2v) is 10.8. The zero-order chi connectivity index (χ0) is 22.1. The summed E-state index contributed by atoms with van der Waals surface area (Å²) in [6.45, 7) is 3.65. The average molecular weight is 454 g/mol. The molecular weight excluding hydrogens is 430 g/mol. The van der Waals surface area contributed by atoms with E-state index in [0.717, 1.165) is 0 Å². The third-order valence-corrected chi connectivity index (χ3v) is 7.88. The highest BCUT2D eigenvalue weighted by molar-refractivity contribution is 7.92. The molecule has 0 radical (unpaired) electrons. The minimum atomic E-state index is -3.85. The van der Waals surface area contributed by atoms with E-state index in [-0.39, 0.29) is 41.1 Å². The Morgan fingerprint density at radius 1 is 1.37 bits per heavy atom. The molecule has 30 heavy (non-hydrogen) atoms. The number of carbonyl (C=O) groups is 2. The van der Waals surface area contributed by atoms with Crippen LogP contribution < -0.4 is 5.32 Å². The predicted molar refractivity (Wildman–Crippen MR) is 109 cm³/mol. The smallest absolute Gasteiger partial charge is 0.410 e. The summed E-state index contributed by atoms with van der Waals surface area (Å²) in [7, 11) is -3.85. The SMILES string of the molecule is CC(C)CC(=O)N1C[C@H](S(=O)(=O)c2ccccc2Cl)C[C@@H]1OC(=O)NC1(C#N)CC1. The molecule has 162 valence electrons. The molecule has 1 aromatic carbocycles. The number of carbonyl (C=O) groups excluding carboxylic acids is 2. The van der Waals surface area contributed by atoms with Gasteiger partial charge in [-0.05, 0) is 30.9 Å². The van der Waals surface area contributed by atoms with Crippen LogP contribution in [0.15, 0.2) is 29.2 Å². The third kappa shape index (κ3) is 4.71. The molecule has 3 rings (SSSR count). The molecule has 1 saturated carbocycles. The molecule has 1 saturated heterocycles. The molecule has 0 spiro atoms. The number of nitrogens with zero attached hydrogens (tertiary/aromatic N) is 2. The summed E-state index contributed by atoms with van der Waals surface area (Å²) in [4.78, 5) is 26.3. The maximum Gasteiger partial charge on any atom is 0.410 e. The summed E-state index contributed by atoms with van der Waals surface area (Å²) in [5, 5.41) is 10.8. The van der Waals surface area contributed by atoms with Crippen molar-refractivity contribution in [1.29, 1.82) is 5.26 Å². The number of likely N-dealkylation sites (tertiary alicyclic amines) is 1. The fraction of sp³-hybridized carbons (Fsp3) is 0.550. The van der Waals surface area contributed by atoms with Gasteiger partial charge in [-0.1, -0.05) is 37.6 Å². The highest BCUT2D eigenvalue weighted by Crippen LogP contribution is 2.35. The maximum absolute atomic E-state index is 13.1. The minimum Gasteiger partial charge on any atom is -0.425 e. The Morgan fingerprint density at radius 3 is 2.60 bits per heavy atom. The Morgan fingerprint density at radius 2 is 2.03 bits per heavy atom. The molecule has 2 atom stereocenters. The van der Waals surface area contributed by atoms with Gasteiger partial charge >= 0.3 is 6.09 Å². The molecule has 1 aromatic rings. The Hall–Kier alpha value is -2.31. The Kier molecular flexibility index (Phi) is 6.29. The quantitative estimate of drug-likeness (QED) is 0.707. The van der Waals surface area contributed by atoms with Crippen LogP contribution in [0.5, 0.6) is 0 Å². The lowest BCUT2D eigenvalue weighted by Crippen LogP contribution is -2.43. The molecule has 2 fully saturated rings. The number of benzene rings is 1. The van der Waals surface area contributed by atoms with Crippen LogP contribution in [0.4, 0.5) is 4.79 Å². The number of nitrogens with one attached hydrogen (secondary N) is 1. The van der Waals surface area contributed by atoms with Gasteiger partial charge in [0.2, 0.25) is 5.91 Å². The van der Waals surface area contributed by atoms with Gasteiger partial charge in [-0.3, -0.25) is 4.79 Å². The number of ether oxygens (including phenoxy) is 1. The first-order chi connectivity index (χ1) is 14.1. The average Bonchev–Trinajstić information content (AvgIpc) is 3.30. The van der Waals surface area contributed by atoms with Crippen LogP contribution >= 0.6 is 11.6 Å². The highest BCUT2D eigenvalue weighted by atomic mass is 35.5. The van der Waals surface area contributed by atoms with Crippen molar-refractivity contribution in [2.75, 3.05) is 6.54 Å². The van der Waals surface area contributed by atoms with Gasteiger partial charge < -0.3 is 15.0 Å². The highest BCUT2D eigenvalue weighted by Gasteiger charge is 2.48. The molecule has 8 nitrogen and oxygen atoms in total. The lowest BCUT2D eigenvalue weighted by atomic mass is 10.1. The van der Waals surface area contributed by atoms with Crippen LogP contribution in [-0.2, 0) is 19.4 Å². The van der Waals surface area contributed by atoms with Crippen molar-refractivity contribution in [3.63, 3.8) is 0 Å². The summed E-state index contributed by atoms with van der Waals surface area (Å²) >= 11 is 6.09. The van der Waals surface area contributed by atoms with Gasteiger partial charge in [0.1, 0.15) is 5.54 Å². The first-order valence-electron chi connectivity index (χ1n) is 9.76. The van der Waals surface area contributed by atoms with Crippen LogP contribution in [-0.4, -0.2) is 48.9 Å². The van der Waals surface area contributed by atoms with Crippen molar-refractivity contribution in [2.24, 2.45) is 5.92 Å². The number of nitriles is 1. The van der Waals surface area contributed by atoms with Crippen LogP contribution in [0.25, 0.3) is 0 Å². The normalized spacial score (nSPS) is 22.4. The van der Waals surface area contributed by atoms with Gasteiger partial charge in [0.25, 0.3) is 0 Å². The van der Waals surface area contributed by atoms with E-state index in [9.17, 15) is 18.0 Å². The van der Waals surface area contributed by atoms with Gasteiger partial charge in [-0.25, -0.2) is 13.2 Å². The van der Waals surface area contributed by atoms with Crippen LogP contribution in [0.1, 0.15) is 39.5 Å². The van der Waals surface area contributed by atoms with Crippen molar-refractivity contribution >= 4 is 33.4 Å². The molecule has 1 aliphatic carbocycles. The first-order valence-corrected chi connectivity index (χ1v) is 11.7. The maximum atomic E-state index is 13.1. The molecule has 2 amide bonds. The van der Waals surface area contributed by atoms with Gasteiger partial charge in [0.15, 0.2) is 16.1 Å². The molecule has 2 aliphatic rings. The molecular formula is C20H24ClN3O5S. The topological polar surface area (TPSA) is 117 Å². The number of hydrogen-bond acceptors (Lipinski definition) is 6. The van der Waals surface area contributed by atoms with Crippen molar-refractivity contribution in [3.05, 3.63) is 29.3 Å². The van der Waals surface area contributed by atoms with E-state index >= 15 is 0 Å². The number of amides is 2. The summed E-state index contributed by atoms with van der Waals surface area (Å²) in [6.07, 6.45) is -0.677. The molecule has 10 heteroatoms. The molecule has 0 aromatic heterocycles. The van der Waals surface area contributed by atoms with Crippen LogP contribution in [0.3, 0.4) is 0 Å². The zero-order valence-corrected chi connectivity index (χ0v) is 18.4. The van der Waals surface area contributed by atoms with Gasteiger partial charge in [0, 0.05) is 19.4 Å². The molecule has 1 heterocycles. The molecule has 0 bridgehead atoms. The van der Waals surface area contributed by atoms with E-state index in [0.29, 0.717) is 12.8 Å². The lowest BCUT2D eigenvalue weighted by Gasteiger charge is -2.25. The van der Waals surface area contributed by atoms with Crippen molar-refractivity contribution < 1.29 is 22.7 Å². The van der Waals surface area contributed by atoms with Crippen molar-refractivity contribution in [1.82, 2.24) is 10.2 Å². The number of hydrogen-bond donors (Lipinski definition) is 1. The minimum absolute atomic E-state index is 0.0144. The van der Waals surface area contributed by atoms with Crippen molar-refractivity contribution in [3.8, 4) is 6.07 Å². The Balaban J connectivity index is 1.81. The Bertz CT molecular complexity index is 984. The van der Waals surface area contributed by atoms with E-state index in [4.69, 9.17) is 21.6 Å². The van der Waals surface area contributed by atoms with Crippen molar-refractivity contribution in [2.45, 2.75) is 61.4 Å². The number of rotatable bonds is 6. The van der Waals surface area contributed by atoms with E-state index in [1.165, 1.54) is 17.0 Å². The number of sulfone groups is 1. The molecule has 1 N–H and O–H groups in total. The molecule has 1 aliphatic heterocycles. The van der Waals surface area contributed by atoms with Crippen LogP contribution in [0, 0.1) is 17.2 Å². The second-order valence-electron chi connectivity index (χ2n) is 8.16. The van der Waals surface area contributed by atoms with E-state index in [1.807, 2.05) is 19.9 Å². The fourth-order valence-electron chi connectivity index (χ4n) is 3.42. The predicted octanol–water partition coefficient (Wildman–Crippen LogP) is 2.87. The third-order valence-electron chi connectivity index (χ3n) is 5.25. The summed E-state index contributed by atoms with van der Waals surface area (Å²) in [6, 6.07) is 8.14. The first kappa shape index (κ1) is 22.4. The van der Waals surface area contributed by atoms with Gasteiger partial charge in [-0.2, -0.15) is 5.26 Å². The molecule has 0 unspecified atom stereocenters. The second kappa shape index (κ2) is 8.44. The zero-order valence-electron chi connectivity index (χ0n) is 16.8. The van der Waals surface area contributed by atoms with Crippen LogP contribution in [0.2, 0.25) is 5.02 Å². The largest absolute Gasteiger partial charge is 0.425 e. The monoisotopic (exact) mass is 453 g/mol. The standard InChI is InChI=1S/C20H24ClN3O5S/c1-13(2)9-17(25)24-11-14(30(27,28)16-6-4-3-5-15(16)21)10-18(24)29-19(26)23-20(12-22)7-8-20/h3-6,13-14,18H,7-11H2,1-2H3,(H,23,26)/t14-,18+/m1/s1. The fourth-order valence-corrected chi connectivity index (χ4v) is 5.62.